The molecule has 0 saturated carbocycles. The van der Waals surface area contributed by atoms with Crippen LogP contribution in [0.1, 0.15) is 0 Å². The summed E-state index contributed by atoms with van der Waals surface area (Å²) in [7, 11) is 0. The molecule has 0 aliphatic carbocycles. The van der Waals surface area contributed by atoms with Gasteiger partial charge in [0.25, 0.3) is 0 Å². The summed E-state index contributed by atoms with van der Waals surface area (Å²) in [5.41, 5.74) is 0. The summed E-state index contributed by atoms with van der Waals surface area (Å²) in [6.45, 7) is 0. The molecule has 8 heteroatoms. The Morgan fingerprint density at radius 2 is 1.00 bits per heavy atom. The summed E-state index contributed by atoms with van der Waals surface area (Å²) in [5.74, 6) is 0. The molecule has 0 aromatic heterocycles. The Balaban J connectivity index is -0.00000000750. The van der Waals surface area contributed by atoms with E-state index in [1.807, 2.05) is 0 Å². The Bertz CT molecular complexity index is 31.5. The zero-order chi connectivity index (χ0) is 3.58. The first kappa shape index (κ1) is 47.2. The van der Waals surface area contributed by atoms with Crippen LogP contribution in [0.4, 0.5) is 0 Å². The Kier molecular flexibility index (Phi) is 175. The van der Waals surface area contributed by atoms with Crippen LogP contribution in [0.3, 0.4) is 0 Å². The van der Waals surface area contributed by atoms with Crippen molar-refractivity contribution in [1.82, 2.24) is 0 Å². The molecule has 0 aliphatic heterocycles. The Morgan fingerprint density at radius 1 is 1.00 bits per heavy atom. The van der Waals surface area contributed by atoms with E-state index in [9.17, 15) is 0 Å². The maximum atomic E-state index is 8.25. The van der Waals surface area contributed by atoms with Crippen molar-refractivity contribution in [3.8, 4) is 0 Å². The number of rotatable bonds is 0. The standard InChI is InChI=1S/Ga.NO3.3H2O.3H/c;2-1(3)4;;;;;;/h;;3*1H2;;;/q;-1;;;;;;. The van der Waals surface area contributed by atoms with E-state index in [0.717, 1.165) is 0 Å². The summed E-state index contributed by atoms with van der Waals surface area (Å²) >= 11 is 0. The molecule has 0 atom stereocenters. The van der Waals surface area contributed by atoms with Crippen molar-refractivity contribution < 1.29 is 21.5 Å². The summed E-state index contributed by atoms with van der Waals surface area (Å²) in [4.78, 5) is 8.25. The molecule has 0 spiro atoms. The van der Waals surface area contributed by atoms with E-state index in [4.69, 9.17) is 15.3 Å². The van der Waals surface area contributed by atoms with Crippen LogP contribution in [0.25, 0.3) is 0 Å². The van der Waals surface area contributed by atoms with E-state index >= 15 is 0 Å². The maximum absolute atomic E-state index is 8.25. The molecule has 54 valence electrons. The molecule has 0 radical (unpaired) electrons. The molecule has 0 bridgehead atoms. The zero-order valence-electron chi connectivity index (χ0n) is 3.17. The fourth-order valence-electron chi connectivity index (χ4n) is 0. The van der Waals surface area contributed by atoms with Gasteiger partial charge < -0.3 is 31.8 Å². The fraction of sp³-hybridized carbons (Fsp3) is 0. The van der Waals surface area contributed by atoms with Crippen molar-refractivity contribution in [2.24, 2.45) is 0 Å². The summed E-state index contributed by atoms with van der Waals surface area (Å²) in [6.07, 6.45) is 0. The van der Waals surface area contributed by atoms with Crippen LogP contribution >= 0.6 is 0 Å². The first-order chi connectivity index (χ1) is 1.73. The number of hydrogen-bond acceptors (Lipinski definition) is 3. The second kappa shape index (κ2) is 29.7. The van der Waals surface area contributed by atoms with Crippen LogP contribution in [-0.2, 0) is 0 Å². The zero-order valence-corrected chi connectivity index (χ0v) is 3.17. The molecule has 0 saturated heterocycles. The van der Waals surface area contributed by atoms with E-state index < -0.39 is 5.09 Å². The third-order valence-corrected chi connectivity index (χ3v) is 0. The quantitative estimate of drug-likeness (QED) is 0.216. The molecule has 0 fully saturated rings. The molecule has 0 unspecified atom stereocenters. The third kappa shape index (κ3) is 1580. The molecule has 8 heavy (non-hydrogen) atoms. The van der Waals surface area contributed by atoms with Gasteiger partial charge in [0.15, 0.2) is 0 Å². The minimum atomic E-state index is -1.75. The summed E-state index contributed by atoms with van der Waals surface area (Å²) < 4.78 is 0. The van der Waals surface area contributed by atoms with Gasteiger partial charge in [-0.05, 0) is 0 Å². The second-order valence-corrected chi connectivity index (χ2v) is 0.224. The van der Waals surface area contributed by atoms with E-state index in [1.165, 1.54) is 0 Å². The molecule has 0 amide bonds. The minimum absolute atomic E-state index is 0. The van der Waals surface area contributed by atoms with Crippen molar-refractivity contribution in [3.63, 3.8) is 0 Å². The van der Waals surface area contributed by atoms with Crippen molar-refractivity contribution in [1.29, 1.82) is 0 Å². The second-order valence-electron chi connectivity index (χ2n) is 0.224. The van der Waals surface area contributed by atoms with Gasteiger partial charge >= 0.3 is 19.8 Å². The van der Waals surface area contributed by atoms with Gasteiger partial charge in [-0.3, -0.25) is 0 Å². The van der Waals surface area contributed by atoms with E-state index in [-0.39, 0.29) is 36.2 Å². The van der Waals surface area contributed by atoms with Crippen LogP contribution in [0.15, 0.2) is 0 Å². The van der Waals surface area contributed by atoms with Crippen molar-refractivity contribution in [3.05, 3.63) is 15.3 Å². The van der Waals surface area contributed by atoms with Gasteiger partial charge in [-0.15, -0.1) is 0 Å². The first-order valence-electron chi connectivity index (χ1n) is 0.548. The average Bonchev–Trinajstić information content (AvgIpc) is 0.811. The molecule has 7 nitrogen and oxygen atoms in total. The molecular formula is H9GaNO6-. The van der Waals surface area contributed by atoms with Gasteiger partial charge in [-0.1, -0.05) is 0 Å². The van der Waals surface area contributed by atoms with Crippen LogP contribution in [0, 0.1) is 15.3 Å². The molecule has 0 aliphatic rings. The van der Waals surface area contributed by atoms with E-state index in [1.54, 1.807) is 0 Å². The molecule has 6 N–H and O–H groups in total. The van der Waals surface area contributed by atoms with Gasteiger partial charge in [0.2, 0.25) is 0 Å². The Hall–Kier alpha value is -0.284. The van der Waals surface area contributed by atoms with Crippen molar-refractivity contribution in [2.75, 3.05) is 0 Å². The van der Waals surface area contributed by atoms with Crippen LogP contribution in [0.5, 0.6) is 0 Å². The van der Waals surface area contributed by atoms with Crippen molar-refractivity contribution in [2.45, 2.75) is 0 Å². The molecule has 0 aromatic carbocycles. The molecule has 0 aromatic rings. The van der Waals surface area contributed by atoms with Gasteiger partial charge in [0.05, 0.1) is 5.09 Å². The average molecular weight is 189 g/mol. The number of hydrogen-bond donors (Lipinski definition) is 0. The normalized spacial score (nSPS) is 3.00. The fourth-order valence-corrected chi connectivity index (χ4v) is 0. The van der Waals surface area contributed by atoms with Gasteiger partial charge in [-0.25, -0.2) is 0 Å². The Labute approximate surface area is 57.4 Å². The van der Waals surface area contributed by atoms with Crippen LogP contribution in [0.2, 0.25) is 0 Å². The predicted molar refractivity (Wildman–Crippen MR) is 31.1 cm³/mol. The molecule has 0 heterocycles. The van der Waals surface area contributed by atoms with Crippen molar-refractivity contribution >= 4 is 19.8 Å². The van der Waals surface area contributed by atoms with E-state index in [2.05, 4.69) is 0 Å². The molecular weight excluding hydrogens is 180 g/mol. The van der Waals surface area contributed by atoms with Gasteiger partial charge in [-0.2, -0.15) is 0 Å². The van der Waals surface area contributed by atoms with Gasteiger partial charge in [0, 0.05) is 0 Å². The molecule has 0 rings (SSSR count). The Morgan fingerprint density at radius 3 is 1.00 bits per heavy atom. The van der Waals surface area contributed by atoms with Crippen LogP contribution in [-0.4, -0.2) is 41.3 Å². The van der Waals surface area contributed by atoms with Gasteiger partial charge in [0.1, 0.15) is 0 Å². The number of nitrogens with zero attached hydrogens (tertiary/aromatic N) is 1. The topological polar surface area (TPSA) is 161 Å². The third-order valence-electron chi connectivity index (χ3n) is 0. The predicted octanol–water partition coefficient (Wildman–Crippen LogP) is -3.90. The summed E-state index contributed by atoms with van der Waals surface area (Å²) in [6, 6.07) is 0. The SMILES string of the molecule is O.O.O.O=[N+]([O-])[O-].[GaH3]. The van der Waals surface area contributed by atoms with Crippen LogP contribution < -0.4 is 0 Å². The van der Waals surface area contributed by atoms with E-state index in [0.29, 0.717) is 0 Å². The summed E-state index contributed by atoms with van der Waals surface area (Å²) in [5, 5.41) is 14.8. The first-order valence-corrected chi connectivity index (χ1v) is 0.548. The monoisotopic (exact) mass is 188 g/mol.